The number of nitrogens with zero attached hydrogens (tertiary/aromatic N) is 1. The van der Waals surface area contributed by atoms with Crippen molar-refractivity contribution in [3.8, 4) is 0 Å². The van der Waals surface area contributed by atoms with Gasteiger partial charge in [-0.25, -0.2) is 13.2 Å². The van der Waals surface area contributed by atoms with Crippen LogP contribution in [-0.2, 0) is 25.3 Å². The van der Waals surface area contributed by atoms with Gasteiger partial charge in [-0.3, -0.25) is 4.79 Å². The molecule has 0 spiro atoms. The number of nitrogens with one attached hydrogen (secondary N) is 1. The van der Waals surface area contributed by atoms with E-state index in [1.807, 2.05) is 0 Å². The fourth-order valence-electron chi connectivity index (χ4n) is 3.35. The smallest absolute Gasteiger partial charge is 0.338 e. The van der Waals surface area contributed by atoms with E-state index in [9.17, 15) is 18.0 Å². The number of thiol groups is 1. The Morgan fingerprint density at radius 2 is 1.80 bits per heavy atom. The maximum Gasteiger partial charge on any atom is 0.338 e. The molecule has 0 aliphatic carbocycles. The fraction of sp³-hybridized carbons (Fsp3) is 0.333. The average molecular weight is 449 g/mol. The predicted molar refractivity (Wildman–Crippen MR) is 117 cm³/mol. The molecule has 1 fully saturated rings. The second-order valence-electron chi connectivity index (χ2n) is 6.98. The molecule has 7 nitrogen and oxygen atoms in total. The molecule has 0 aromatic heterocycles. The lowest BCUT2D eigenvalue weighted by molar-refractivity contribution is -0.119. The van der Waals surface area contributed by atoms with Gasteiger partial charge in [0.15, 0.2) is 0 Å². The van der Waals surface area contributed by atoms with E-state index in [0.717, 1.165) is 4.90 Å². The first-order chi connectivity index (χ1) is 14.3. The summed E-state index contributed by atoms with van der Waals surface area (Å²) in [5.41, 5.74) is 1.52. The van der Waals surface area contributed by atoms with E-state index < -0.39 is 22.0 Å². The third kappa shape index (κ3) is 5.41. The Morgan fingerprint density at radius 1 is 1.13 bits per heavy atom. The van der Waals surface area contributed by atoms with Gasteiger partial charge in [0, 0.05) is 17.1 Å². The summed E-state index contributed by atoms with van der Waals surface area (Å²) < 4.78 is 32.0. The number of carbonyl (C=O) groups is 2. The first kappa shape index (κ1) is 22.3. The van der Waals surface area contributed by atoms with E-state index in [-0.39, 0.29) is 18.3 Å². The van der Waals surface area contributed by atoms with E-state index in [1.54, 1.807) is 55.5 Å². The Labute approximate surface area is 181 Å². The Kier molecular flexibility index (Phi) is 7.17. The minimum absolute atomic E-state index is 0.168. The number of carbonyl (C=O) groups excluding carboxylic acids is 2. The molecule has 30 heavy (non-hydrogen) atoms. The quantitative estimate of drug-likeness (QED) is 0.502. The van der Waals surface area contributed by atoms with Crippen LogP contribution in [0.4, 0.5) is 5.69 Å². The lowest BCUT2D eigenvalue weighted by atomic mass is 10.2. The SMILES string of the molecule is CCOC(=O)c1ccc(NC(=O)C2CCCN2S(=O)(=O)Cc2ccc(S)cc2)cc1. The Balaban J connectivity index is 1.67. The van der Waals surface area contributed by atoms with Gasteiger partial charge in [0.1, 0.15) is 6.04 Å². The van der Waals surface area contributed by atoms with Gasteiger partial charge >= 0.3 is 5.97 Å². The van der Waals surface area contributed by atoms with Gasteiger partial charge in [-0.15, -0.1) is 12.6 Å². The van der Waals surface area contributed by atoms with Crippen LogP contribution in [0, 0.1) is 0 Å². The zero-order valence-corrected chi connectivity index (χ0v) is 18.3. The topological polar surface area (TPSA) is 92.8 Å². The van der Waals surface area contributed by atoms with Crippen LogP contribution in [0.1, 0.15) is 35.7 Å². The molecule has 1 aliphatic heterocycles. The number of rotatable bonds is 7. The van der Waals surface area contributed by atoms with E-state index in [4.69, 9.17) is 4.74 Å². The van der Waals surface area contributed by atoms with Gasteiger partial charge in [0.05, 0.1) is 17.9 Å². The summed E-state index contributed by atoms with van der Waals surface area (Å²) in [7, 11) is -3.65. The van der Waals surface area contributed by atoms with Crippen molar-refractivity contribution in [3.05, 3.63) is 59.7 Å². The van der Waals surface area contributed by atoms with Crippen LogP contribution < -0.4 is 5.32 Å². The van der Waals surface area contributed by atoms with Crippen molar-refractivity contribution in [3.63, 3.8) is 0 Å². The molecule has 0 radical (unpaired) electrons. The van der Waals surface area contributed by atoms with Gasteiger partial charge < -0.3 is 10.1 Å². The number of hydrogen-bond donors (Lipinski definition) is 2. The molecular weight excluding hydrogens is 424 g/mol. The van der Waals surface area contributed by atoms with Gasteiger partial charge in [0.25, 0.3) is 0 Å². The monoisotopic (exact) mass is 448 g/mol. The van der Waals surface area contributed by atoms with Gasteiger partial charge in [-0.2, -0.15) is 4.31 Å². The van der Waals surface area contributed by atoms with E-state index in [1.165, 1.54) is 4.31 Å². The zero-order chi connectivity index (χ0) is 21.7. The maximum atomic E-state index is 12.9. The molecule has 160 valence electrons. The molecule has 1 heterocycles. The third-order valence-corrected chi connectivity index (χ3v) is 6.96. The second kappa shape index (κ2) is 9.63. The van der Waals surface area contributed by atoms with Crippen molar-refractivity contribution in [1.29, 1.82) is 0 Å². The highest BCUT2D eigenvalue weighted by molar-refractivity contribution is 7.88. The van der Waals surface area contributed by atoms with E-state index in [2.05, 4.69) is 17.9 Å². The maximum absolute atomic E-state index is 12.9. The first-order valence-electron chi connectivity index (χ1n) is 9.65. The number of ether oxygens (including phenoxy) is 1. The van der Waals surface area contributed by atoms with Crippen LogP contribution >= 0.6 is 12.6 Å². The molecule has 1 atom stereocenters. The molecule has 0 bridgehead atoms. The largest absolute Gasteiger partial charge is 0.462 e. The molecule has 9 heteroatoms. The molecular formula is C21H24N2O5S2. The van der Waals surface area contributed by atoms with Crippen molar-refractivity contribution < 1.29 is 22.7 Å². The molecule has 2 aromatic carbocycles. The Hall–Kier alpha value is -2.36. The second-order valence-corrected chi connectivity index (χ2v) is 9.42. The van der Waals surface area contributed by atoms with Crippen LogP contribution in [0.3, 0.4) is 0 Å². The minimum atomic E-state index is -3.65. The summed E-state index contributed by atoms with van der Waals surface area (Å²) in [6, 6.07) is 12.5. The van der Waals surface area contributed by atoms with Crippen molar-refractivity contribution in [2.24, 2.45) is 0 Å². The fourth-order valence-corrected chi connectivity index (χ4v) is 5.28. The lowest BCUT2D eigenvalue weighted by Crippen LogP contribution is -2.43. The molecule has 1 N–H and O–H groups in total. The van der Waals surface area contributed by atoms with Gasteiger partial charge in [-0.1, -0.05) is 12.1 Å². The summed E-state index contributed by atoms with van der Waals surface area (Å²) in [6.45, 7) is 2.32. The highest BCUT2D eigenvalue weighted by atomic mass is 32.2. The third-order valence-electron chi connectivity index (χ3n) is 4.81. The molecule has 1 unspecified atom stereocenters. The van der Waals surface area contributed by atoms with Crippen molar-refractivity contribution >= 4 is 40.2 Å². The highest BCUT2D eigenvalue weighted by Gasteiger charge is 2.38. The summed E-state index contributed by atoms with van der Waals surface area (Å²) in [4.78, 5) is 25.2. The predicted octanol–water partition coefficient (Wildman–Crippen LogP) is 3.08. The molecule has 1 aliphatic rings. The van der Waals surface area contributed by atoms with Crippen molar-refractivity contribution in [1.82, 2.24) is 4.31 Å². The number of sulfonamides is 1. The normalized spacial score (nSPS) is 16.9. The zero-order valence-electron chi connectivity index (χ0n) is 16.6. The average Bonchev–Trinajstić information content (AvgIpc) is 3.21. The standard InChI is InChI=1S/C21H24N2O5S2/c1-2-28-21(25)16-7-9-17(10-8-16)22-20(24)19-4-3-13-23(19)30(26,27)14-15-5-11-18(29)12-6-15/h5-12,19,29H,2-4,13-14H2,1H3,(H,22,24). The first-order valence-corrected chi connectivity index (χ1v) is 11.7. The van der Waals surface area contributed by atoms with Crippen molar-refractivity contribution in [2.75, 3.05) is 18.5 Å². The van der Waals surface area contributed by atoms with Crippen LogP contribution in [-0.4, -0.2) is 43.8 Å². The number of benzene rings is 2. The highest BCUT2D eigenvalue weighted by Crippen LogP contribution is 2.25. The van der Waals surface area contributed by atoms with Crippen LogP contribution in [0.25, 0.3) is 0 Å². The molecule has 1 amide bonds. The van der Waals surface area contributed by atoms with Crippen LogP contribution in [0.2, 0.25) is 0 Å². The summed E-state index contributed by atoms with van der Waals surface area (Å²) in [6.07, 6.45) is 1.08. The number of hydrogen-bond acceptors (Lipinski definition) is 6. The summed E-state index contributed by atoms with van der Waals surface area (Å²) >= 11 is 4.21. The van der Waals surface area contributed by atoms with E-state index in [0.29, 0.717) is 36.2 Å². The number of anilines is 1. The molecule has 0 saturated carbocycles. The van der Waals surface area contributed by atoms with Gasteiger partial charge in [0.2, 0.25) is 15.9 Å². The van der Waals surface area contributed by atoms with Crippen LogP contribution in [0.5, 0.6) is 0 Å². The number of esters is 1. The van der Waals surface area contributed by atoms with Crippen molar-refractivity contribution in [2.45, 2.75) is 36.5 Å². The lowest BCUT2D eigenvalue weighted by Gasteiger charge is -2.23. The summed E-state index contributed by atoms with van der Waals surface area (Å²) in [5, 5.41) is 2.75. The molecule has 3 rings (SSSR count). The Morgan fingerprint density at radius 3 is 2.43 bits per heavy atom. The minimum Gasteiger partial charge on any atom is -0.462 e. The summed E-state index contributed by atoms with van der Waals surface area (Å²) in [5.74, 6) is -0.987. The van der Waals surface area contributed by atoms with E-state index >= 15 is 0 Å². The van der Waals surface area contributed by atoms with Crippen LogP contribution in [0.15, 0.2) is 53.4 Å². The van der Waals surface area contributed by atoms with Gasteiger partial charge in [-0.05, 0) is 61.7 Å². The molecule has 2 aromatic rings. The molecule has 1 saturated heterocycles. The Bertz CT molecular complexity index is 1000. The number of amides is 1.